The van der Waals surface area contributed by atoms with Crippen molar-refractivity contribution in [2.45, 2.75) is 83.8 Å². The maximum atomic E-state index is 12.6. The molecule has 0 aromatic rings. The number of amides is 5. The Balaban J connectivity index is 1.95. The zero-order valence-corrected chi connectivity index (χ0v) is 19.6. The van der Waals surface area contributed by atoms with E-state index in [1.807, 2.05) is 0 Å². The standard InChI is InChI=1S/C21H27N3O11/c1-21(2,3)33-18(30)10-4-12(20(32)35-24-16(28)8-9-17(24)29)22-13(25)5-11-19(31)34-23-14(26)6-7-15(23)27/h12H,4-11H2,1-3H3,(H,22,25). The van der Waals surface area contributed by atoms with Crippen LogP contribution in [0.3, 0.4) is 0 Å². The second kappa shape index (κ2) is 11.5. The second-order valence-corrected chi connectivity index (χ2v) is 8.78. The van der Waals surface area contributed by atoms with Gasteiger partial charge in [0.25, 0.3) is 23.6 Å². The van der Waals surface area contributed by atoms with E-state index in [9.17, 15) is 38.4 Å². The number of rotatable bonds is 10. The molecule has 1 atom stereocenters. The molecule has 0 saturated carbocycles. The number of nitrogens with zero attached hydrogens (tertiary/aromatic N) is 2. The van der Waals surface area contributed by atoms with E-state index in [1.165, 1.54) is 0 Å². The Labute approximate surface area is 200 Å². The first kappa shape index (κ1) is 27.4. The van der Waals surface area contributed by atoms with Crippen molar-refractivity contribution < 1.29 is 52.8 Å². The van der Waals surface area contributed by atoms with Gasteiger partial charge < -0.3 is 19.7 Å². The summed E-state index contributed by atoms with van der Waals surface area (Å²) in [4.78, 5) is 105. The Hall–Kier alpha value is -3.84. The fourth-order valence-electron chi connectivity index (χ4n) is 3.00. The van der Waals surface area contributed by atoms with Crippen LogP contribution in [0.5, 0.6) is 0 Å². The van der Waals surface area contributed by atoms with Gasteiger partial charge in [-0.25, -0.2) is 9.59 Å². The third-order valence-corrected chi connectivity index (χ3v) is 4.62. The molecule has 192 valence electrons. The van der Waals surface area contributed by atoms with E-state index >= 15 is 0 Å². The number of carbonyl (C=O) groups excluding carboxylic acids is 8. The van der Waals surface area contributed by atoms with Crippen molar-refractivity contribution in [2.24, 2.45) is 0 Å². The van der Waals surface area contributed by atoms with Gasteiger partial charge >= 0.3 is 17.9 Å². The van der Waals surface area contributed by atoms with Crippen LogP contribution in [0, 0.1) is 0 Å². The van der Waals surface area contributed by atoms with Gasteiger partial charge in [0.2, 0.25) is 5.91 Å². The van der Waals surface area contributed by atoms with Crippen LogP contribution in [0.2, 0.25) is 0 Å². The summed E-state index contributed by atoms with van der Waals surface area (Å²) in [5, 5.41) is 2.92. The molecular weight excluding hydrogens is 470 g/mol. The predicted octanol–water partition coefficient (Wildman–Crippen LogP) is -0.412. The normalized spacial score (nSPS) is 16.9. The molecule has 2 rings (SSSR count). The van der Waals surface area contributed by atoms with Crippen LogP contribution in [0.4, 0.5) is 0 Å². The van der Waals surface area contributed by atoms with Crippen molar-refractivity contribution in [3.8, 4) is 0 Å². The van der Waals surface area contributed by atoms with Gasteiger partial charge in [-0.05, 0) is 27.2 Å². The van der Waals surface area contributed by atoms with Gasteiger partial charge in [-0.2, -0.15) is 0 Å². The largest absolute Gasteiger partial charge is 0.460 e. The van der Waals surface area contributed by atoms with E-state index in [-0.39, 0.29) is 38.5 Å². The Morgan fingerprint density at radius 1 is 0.771 bits per heavy atom. The molecule has 1 unspecified atom stereocenters. The quantitative estimate of drug-likeness (QED) is 0.306. The van der Waals surface area contributed by atoms with Crippen LogP contribution in [0.25, 0.3) is 0 Å². The molecule has 0 aromatic carbocycles. The highest BCUT2D eigenvalue weighted by Gasteiger charge is 2.36. The number of ether oxygens (including phenoxy) is 1. The Morgan fingerprint density at radius 3 is 1.74 bits per heavy atom. The summed E-state index contributed by atoms with van der Waals surface area (Å²) < 4.78 is 5.16. The highest BCUT2D eigenvalue weighted by atomic mass is 16.7. The monoisotopic (exact) mass is 497 g/mol. The van der Waals surface area contributed by atoms with Crippen LogP contribution in [-0.2, 0) is 52.8 Å². The molecule has 35 heavy (non-hydrogen) atoms. The summed E-state index contributed by atoms with van der Waals surface area (Å²) in [5.41, 5.74) is -0.788. The van der Waals surface area contributed by atoms with Crippen molar-refractivity contribution in [1.82, 2.24) is 15.4 Å². The van der Waals surface area contributed by atoms with Gasteiger partial charge in [0.1, 0.15) is 11.6 Å². The summed E-state index contributed by atoms with van der Waals surface area (Å²) in [5.74, 6) is -6.49. The van der Waals surface area contributed by atoms with Crippen molar-refractivity contribution >= 4 is 47.4 Å². The Bertz CT molecular complexity index is 905. The minimum Gasteiger partial charge on any atom is -0.460 e. The molecule has 14 nitrogen and oxygen atoms in total. The lowest BCUT2D eigenvalue weighted by molar-refractivity contribution is -0.199. The maximum Gasteiger partial charge on any atom is 0.355 e. The molecule has 2 saturated heterocycles. The number of hydrogen-bond donors (Lipinski definition) is 1. The lowest BCUT2D eigenvalue weighted by atomic mass is 10.1. The summed E-state index contributed by atoms with van der Waals surface area (Å²) in [6.07, 6.45) is -2.05. The second-order valence-electron chi connectivity index (χ2n) is 8.78. The lowest BCUT2D eigenvalue weighted by Gasteiger charge is -2.22. The zero-order chi connectivity index (χ0) is 26.3. The van der Waals surface area contributed by atoms with Crippen LogP contribution in [0.15, 0.2) is 0 Å². The SMILES string of the molecule is CC(C)(C)OC(=O)CCC(NC(=O)CCC(=O)ON1C(=O)CCC1=O)C(=O)ON1C(=O)CCC1=O. The van der Waals surface area contributed by atoms with Crippen molar-refractivity contribution in [3.63, 3.8) is 0 Å². The molecular formula is C21H27N3O11. The van der Waals surface area contributed by atoms with Crippen molar-refractivity contribution in [1.29, 1.82) is 0 Å². The first-order chi connectivity index (χ1) is 16.3. The molecule has 14 heteroatoms. The fraction of sp³-hybridized carbons (Fsp3) is 0.619. The summed E-state index contributed by atoms with van der Waals surface area (Å²) >= 11 is 0. The van der Waals surface area contributed by atoms with Gasteiger partial charge in [-0.1, -0.05) is 0 Å². The summed E-state index contributed by atoms with van der Waals surface area (Å²) in [7, 11) is 0. The predicted molar refractivity (Wildman–Crippen MR) is 111 cm³/mol. The third-order valence-electron chi connectivity index (χ3n) is 4.62. The van der Waals surface area contributed by atoms with Crippen LogP contribution in [-0.4, -0.2) is 69.2 Å². The molecule has 0 aliphatic carbocycles. The molecule has 0 spiro atoms. The number of hydroxylamine groups is 4. The minimum absolute atomic E-state index is 0.0872. The average Bonchev–Trinajstić information content (AvgIpc) is 3.24. The third kappa shape index (κ3) is 8.46. The Kier molecular flexibility index (Phi) is 9.03. The Morgan fingerprint density at radius 2 is 1.26 bits per heavy atom. The van der Waals surface area contributed by atoms with Crippen LogP contribution < -0.4 is 5.32 Å². The molecule has 2 heterocycles. The molecule has 2 aliphatic heterocycles. The van der Waals surface area contributed by atoms with Gasteiger partial charge in [0, 0.05) is 38.5 Å². The molecule has 1 N–H and O–H groups in total. The number of nitrogens with one attached hydrogen (secondary N) is 1. The fourth-order valence-corrected chi connectivity index (χ4v) is 3.00. The lowest BCUT2D eigenvalue weighted by Crippen LogP contribution is -2.45. The van der Waals surface area contributed by atoms with Gasteiger partial charge in [0.15, 0.2) is 0 Å². The summed E-state index contributed by atoms with van der Waals surface area (Å²) in [6.45, 7) is 4.93. The maximum absolute atomic E-state index is 12.6. The van der Waals surface area contributed by atoms with Gasteiger partial charge in [0.05, 0.1) is 6.42 Å². The van der Waals surface area contributed by atoms with E-state index in [2.05, 4.69) is 10.2 Å². The first-order valence-electron chi connectivity index (χ1n) is 10.9. The number of hydrogen-bond acceptors (Lipinski definition) is 11. The van der Waals surface area contributed by atoms with Gasteiger partial charge in [-0.3, -0.25) is 28.8 Å². The average molecular weight is 497 g/mol. The molecule has 0 radical (unpaired) electrons. The first-order valence-corrected chi connectivity index (χ1v) is 10.9. The highest BCUT2D eigenvalue weighted by Crippen LogP contribution is 2.16. The molecule has 2 aliphatic rings. The van der Waals surface area contributed by atoms with Crippen LogP contribution in [0.1, 0.15) is 72.1 Å². The van der Waals surface area contributed by atoms with E-state index < -0.39 is 71.9 Å². The van der Waals surface area contributed by atoms with E-state index in [4.69, 9.17) is 9.57 Å². The van der Waals surface area contributed by atoms with Crippen LogP contribution >= 0.6 is 0 Å². The molecule has 0 aromatic heterocycles. The van der Waals surface area contributed by atoms with Crippen molar-refractivity contribution in [2.75, 3.05) is 0 Å². The smallest absolute Gasteiger partial charge is 0.355 e. The zero-order valence-electron chi connectivity index (χ0n) is 19.6. The number of carbonyl (C=O) groups is 8. The minimum atomic E-state index is -1.45. The van der Waals surface area contributed by atoms with E-state index in [1.54, 1.807) is 20.8 Å². The number of imide groups is 2. The highest BCUT2D eigenvalue weighted by molar-refractivity contribution is 6.02. The number of esters is 1. The topological polar surface area (TPSA) is 183 Å². The van der Waals surface area contributed by atoms with Crippen molar-refractivity contribution in [3.05, 3.63) is 0 Å². The van der Waals surface area contributed by atoms with E-state index in [0.29, 0.717) is 10.1 Å². The molecule has 5 amide bonds. The molecule has 0 bridgehead atoms. The molecule has 2 fully saturated rings. The summed E-state index contributed by atoms with van der Waals surface area (Å²) in [6, 6.07) is -1.45. The van der Waals surface area contributed by atoms with E-state index in [0.717, 1.165) is 0 Å². The van der Waals surface area contributed by atoms with Gasteiger partial charge in [-0.15, -0.1) is 10.1 Å².